The molecular formula is C11H8F3N5O3. The van der Waals surface area contributed by atoms with Gasteiger partial charge in [-0.2, -0.15) is 18.2 Å². The summed E-state index contributed by atoms with van der Waals surface area (Å²) < 4.78 is 40.4. The highest BCUT2D eigenvalue weighted by Crippen LogP contribution is 2.21. The standard InChI is InChI=1S/C11H8F3N5O3/c12-11(13,14)4-22-10-17-3-7(8(19-10)9(20)21)18-6-1-15-5-16-2-6/h1-3,5,18H,4H2,(H,20,21). The Morgan fingerprint density at radius 2 is 1.95 bits per heavy atom. The van der Waals surface area contributed by atoms with Gasteiger partial charge in [-0.05, 0) is 0 Å². The molecule has 0 fully saturated rings. The minimum atomic E-state index is -4.58. The third-order valence-electron chi connectivity index (χ3n) is 2.17. The van der Waals surface area contributed by atoms with Gasteiger partial charge in [0.25, 0.3) is 0 Å². The Bertz CT molecular complexity index is 666. The van der Waals surface area contributed by atoms with E-state index in [1.807, 2.05) is 0 Å². The molecule has 0 spiro atoms. The normalized spacial score (nSPS) is 11.0. The lowest BCUT2D eigenvalue weighted by Crippen LogP contribution is -2.20. The molecule has 0 atom stereocenters. The number of carboxylic acid groups (broad SMARTS) is 1. The van der Waals surface area contributed by atoms with Gasteiger partial charge in [-0.25, -0.2) is 19.7 Å². The zero-order chi connectivity index (χ0) is 16.2. The first-order valence-corrected chi connectivity index (χ1v) is 5.67. The van der Waals surface area contributed by atoms with Gasteiger partial charge in [0, 0.05) is 0 Å². The Morgan fingerprint density at radius 3 is 2.55 bits per heavy atom. The number of aromatic carboxylic acids is 1. The number of alkyl halides is 3. The third-order valence-corrected chi connectivity index (χ3v) is 2.17. The van der Waals surface area contributed by atoms with E-state index in [-0.39, 0.29) is 5.69 Å². The molecule has 0 aromatic carbocycles. The lowest BCUT2D eigenvalue weighted by Gasteiger charge is -2.10. The number of nitrogens with zero attached hydrogens (tertiary/aromatic N) is 4. The lowest BCUT2D eigenvalue weighted by molar-refractivity contribution is -0.154. The van der Waals surface area contributed by atoms with Crippen molar-refractivity contribution >= 4 is 17.3 Å². The van der Waals surface area contributed by atoms with Gasteiger partial charge in [0.15, 0.2) is 12.3 Å². The van der Waals surface area contributed by atoms with Gasteiger partial charge >= 0.3 is 18.2 Å². The second kappa shape index (κ2) is 6.20. The summed E-state index contributed by atoms with van der Waals surface area (Å²) in [5.41, 5.74) is -0.227. The van der Waals surface area contributed by atoms with E-state index in [1.165, 1.54) is 18.7 Å². The molecule has 2 rings (SSSR count). The van der Waals surface area contributed by atoms with Crippen molar-refractivity contribution in [2.45, 2.75) is 6.18 Å². The number of hydrogen-bond acceptors (Lipinski definition) is 7. The van der Waals surface area contributed by atoms with Gasteiger partial charge in [-0.3, -0.25) is 0 Å². The molecule has 8 nitrogen and oxygen atoms in total. The number of aromatic nitrogens is 4. The molecule has 116 valence electrons. The molecule has 0 unspecified atom stereocenters. The second-order valence-corrected chi connectivity index (χ2v) is 3.88. The summed E-state index contributed by atoms with van der Waals surface area (Å²) in [6, 6.07) is -0.690. The fourth-order valence-electron chi connectivity index (χ4n) is 1.36. The molecule has 0 aliphatic rings. The van der Waals surface area contributed by atoms with E-state index in [0.29, 0.717) is 5.69 Å². The number of anilines is 2. The third kappa shape index (κ3) is 4.26. The number of carboxylic acids is 1. The maximum absolute atomic E-state index is 12.0. The Labute approximate surface area is 121 Å². The number of halogens is 3. The molecule has 0 saturated carbocycles. The quantitative estimate of drug-likeness (QED) is 0.857. The topological polar surface area (TPSA) is 110 Å². The smallest absolute Gasteiger partial charge is 0.422 e. The highest BCUT2D eigenvalue weighted by Gasteiger charge is 2.29. The summed E-state index contributed by atoms with van der Waals surface area (Å²) in [6.45, 7) is -1.62. The van der Waals surface area contributed by atoms with Crippen LogP contribution in [0.4, 0.5) is 24.5 Å². The molecule has 2 N–H and O–H groups in total. The molecule has 0 bridgehead atoms. The number of nitrogens with one attached hydrogen (secondary N) is 1. The first-order valence-electron chi connectivity index (χ1n) is 5.67. The van der Waals surface area contributed by atoms with Gasteiger partial charge < -0.3 is 15.2 Å². The van der Waals surface area contributed by atoms with Crippen LogP contribution in [0.1, 0.15) is 10.5 Å². The molecular weight excluding hydrogens is 307 g/mol. The zero-order valence-electron chi connectivity index (χ0n) is 10.7. The summed E-state index contributed by atoms with van der Waals surface area (Å²) in [5.74, 6) is -1.46. The van der Waals surface area contributed by atoms with E-state index in [1.54, 1.807) is 0 Å². The van der Waals surface area contributed by atoms with Crippen LogP contribution in [0, 0.1) is 0 Å². The highest BCUT2D eigenvalue weighted by atomic mass is 19.4. The molecule has 0 aliphatic heterocycles. The van der Waals surface area contributed by atoms with Crippen molar-refractivity contribution in [1.29, 1.82) is 0 Å². The number of hydrogen-bond donors (Lipinski definition) is 2. The number of carbonyl (C=O) groups is 1. The molecule has 0 amide bonds. The van der Waals surface area contributed by atoms with Gasteiger partial charge in [0.05, 0.1) is 30.0 Å². The number of ether oxygens (including phenoxy) is 1. The van der Waals surface area contributed by atoms with E-state index in [9.17, 15) is 18.0 Å². The van der Waals surface area contributed by atoms with Gasteiger partial charge in [-0.15, -0.1) is 0 Å². The van der Waals surface area contributed by atoms with Crippen LogP contribution in [-0.2, 0) is 0 Å². The van der Waals surface area contributed by atoms with E-state index < -0.39 is 30.5 Å². The summed E-state index contributed by atoms with van der Waals surface area (Å²) in [5, 5.41) is 11.7. The highest BCUT2D eigenvalue weighted by molar-refractivity contribution is 5.92. The van der Waals surface area contributed by atoms with Gasteiger partial charge in [0.1, 0.15) is 6.33 Å². The Kier molecular flexibility index (Phi) is 4.34. The average molecular weight is 315 g/mol. The summed E-state index contributed by atoms with van der Waals surface area (Å²) in [7, 11) is 0. The van der Waals surface area contributed by atoms with Crippen LogP contribution in [0.5, 0.6) is 6.01 Å². The number of rotatable bonds is 5. The van der Waals surface area contributed by atoms with Crippen LogP contribution in [0.25, 0.3) is 0 Å². The molecule has 2 heterocycles. The second-order valence-electron chi connectivity index (χ2n) is 3.88. The van der Waals surface area contributed by atoms with E-state index in [2.05, 4.69) is 30.0 Å². The minimum absolute atomic E-state index is 0.0401. The zero-order valence-corrected chi connectivity index (χ0v) is 10.7. The van der Waals surface area contributed by atoms with Crippen molar-refractivity contribution in [1.82, 2.24) is 19.9 Å². The van der Waals surface area contributed by atoms with Crippen molar-refractivity contribution in [2.75, 3.05) is 11.9 Å². The van der Waals surface area contributed by atoms with Crippen molar-refractivity contribution in [3.63, 3.8) is 0 Å². The predicted octanol–water partition coefficient (Wildman–Crippen LogP) is 1.65. The van der Waals surface area contributed by atoms with Gasteiger partial charge in [-0.1, -0.05) is 0 Å². The van der Waals surface area contributed by atoms with E-state index >= 15 is 0 Å². The molecule has 2 aromatic rings. The molecule has 11 heteroatoms. The van der Waals surface area contributed by atoms with Crippen LogP contribution in [-0.4, -0.2) is 43.8 Å². The molecule has 2 aromatic heterocycles. The summed E-state index contributed by atoms with van der Waals surface area (Å²) in [6.07, 6.45) is 0.424. The SMILES string of the molecule is O=C(O)c1nc(OCC(F)(F)F)ncc1Nc1cncnc1. The van der Waals surface area contributed by atoms with Crippen LogP contribution in [0.3, 0.4) is 0 Å². The van der Waals surface area contributed by atoms with Crippen LogP contribution in [0.15, 0.2) is 24.9 Å². The molecule has 22 heavy (non-hydrogen) atoms. The lowest BCUT2D eigenvalue weighted by atomic mass is 10.3. The van der Waals surface area contributed by atoms with Crippen LogP contribution in [0.2, 0.25) is 0 Å². The van der Waals surface area contributed by atoms with Crippen molar-refractivity contribution in [3.05, 3.63) is 30.6 Å². The van der Waals surface area contributed by atoms with Crippen LogP contribution < -0.4 is 10.1 Å². The Balaban J connectivity index is 2.22. The van der Waals surface area contributed by atoms with E-state index in [4.69, 9.17) is 5.11 Å². The first-order chi connectivity index (χ1) is 10.3. The fourth-order valence-corrected chi connectivity index (χ4v) is 1.36. The predicted molar refractivity (Wildman–Crippen MR) is 65.9 cm³/mol. The van der Waals surface area contributed by atoms with E-state index in [0.717, 1.165) is 6.20 Å². The largest absolute Gasteiger partial charge is 0.476 e. The van der Waals surface area contributed by atoms with Crippen LogP contribution >= 0.6 is 0 Å². The van der Waals surface area contributed by atoms with Crippen molar-refractivity contribution in [3.8, 4) is 6.01 Å². The molecule has 0 saturated heterocycles. The molecule has 0 aliphatic carbocycles. The van der Waals surface area contributed by atoms with Gasteiger partial charge in [0.2, 0.25) is 0 Å². The Hall–Kier alpha value is -2.98. The van der Waals surface area contributed by atoms with Crippen molar-refractivity contribution < 1.29 is 27.8 Å². The minimum Gasteiger partial charge on any atom is -0.476 e. The fraction of sp³-hybridized carbons (Fsp3) is 0.182. The monoisotopic (exact) mass is 315 g/mol. The Morgan fingerprint density at radius 1 is 1.27 bits per heavy atom. The first kappa shape index (κ1) is 15.4. The maximum Gasteiger partial charge on any atom is 0.422 e. The molecule has 0 radical (unpaired) electrons. The average Bonchev–Trinajstić information content (AvgIpc) is 2.46. The maximum atomic E-state index is 12.0. The summed E-state index contributed by atoms with van der Waals surface area (Å²) >= 11 is 0. The summed E-state index contributed by atoms with van der Waals surface area (Å²) in [4.78, 5) is 25.5. The van der Waals surface area contributed by atoms with Crippen molar-refractivity contribution in [2.24, 2.45) is 0 Å².